The van der Waals surface area contributed by atoms with Crippen molar-refractivity contribution < 1.29 is 4.42 Å². The monoisotopic (exact) mass is 275 g/mol. The van der Waals surface area contributed by atoms with Crippen molar-refractivity contribution in [3.05, 3.63) is 42.4 Å². The van der Waals surface area contributed by atoms with Crippen molar-refractivity contribution in [1.82, 2.24) is 14.9 Å². The molecule has 1 N–H and O–H groups in total. The molecular formula is C16H25N3O. The van der Waals surface area contributed by atoms with Crippen LogP contribution in [0.1, 0.15) is 38.3 Å². The first-order valence-corrected chi connectivity index (χ1v) is 7.59. The zero-order valence-corrected chi connectivity index (χ0v) is 12.5. The van der Waals surface area contributed by atoms with Gasteiger partial charge in [-0.15, -0.1) is 0 Å². The maximum absolute atomic E-state index is 5.42. The Morgan fingerprint density at radius 1 is 1.40 bits per heavy atom. The molecule has 2 aromatic heterocycles. The summed E-state index contributed by atoms with van der Waals surface area (Å²) in [5.41, 5.74) is 0. The van der Waals surface area contributed by atoms with Crippen molar-refractivity contribution in [3.63, 3.8) is 0 Å². The van der Waals surface area contributed by atoms with E-state index in [1.165, 1.54) is 5.82 Å². The van der Waals surface area contributed by atoms with Crippen molar-refractivity contribution in [2.24, 2.45) is 0 Å². The van der Waals surface area contributed by atoms with Gasteiger partial charge in [-0.3, -0.25) is 0 Å². The lowest BCUT2D eigenvalue weighted by molar-refractivity contribution is 0.432. The molecule has 1 unspecified atom stereocenters. The summed E-state index contributed by atoms with van der Waals surface area (Å²) in [5.74, 6) is 2.23. The number of aromatic nitrogens is 2. The molecule has 0 saturated carbocycles. The maximum Gasteiger partial charge on any atom is 0.110 e. The Morgan fingerprint density at radius 2 is 2.30 bits per heavy atom. The zero-order chi connectivity index (χ0) is 14.2. The van der Waals surface area contributed by atoms with Gasteiger partial charge in [0.25, 0.3) is 0 Å². The highest BCUT2D eigenvalue weighted by Crippen LogP contribution is 2.10. The Kier molecular flexibility index (Phi) is 5.87. The quantitative estimate of drug-likeness (QED) is 0.765. The first-order valence-electron chi connectivity index (χ1n) is 7.59. The van der Waals surface area contributed by atoms with E-state index in [1.54, 1.807) is 6.26 Å². The first kappa shape index (κ1) is 14.9. The van der Waals surface area contributed by atoms with Crippen LogP contribution in [0.25, 0.3) is 0 Å². The summed E-state index contributed by atoms with van der Waals surface area (Å²) in [7, 11) is 0. The van der Waals surface area contributed by atoms with Crippen LogP contribution in [-0.2, 0) is 19.4 Å². The summed E-state index contributed by atoms with van der Waals surface area (Å²) in [6.07, 6.45) is 9.86. The van der Waals surface area contributed by atoms with Crippen LogP contribution < -0.4 is 5.32 Å². The van der Waals surface area contributed by atoms with Gasteiger partial charge >= 0.3 is 0 Å². The van der Waals surface area contributed by atoms with Gasteiger partial charge in [0.05, 0.1) is 6.26 Å². The third-order valence-electron chi connectivity index (χ3n) is 3.57. The molecule has 0 aliphatic carbocycles. The number of furan rings is 1. The average Bonchev–Trinajstić information content (AvgIpc) is 3.12. The molecule has 4 heteroatoms. The summed E-state index contributed by atoms with van der Waals surface area (Å²) in [4.78, 5) is 4.48. The highest BCUT2D eigenvalue weighted by atomic mass is 16.3. The highest BCUT2D eigenvalue weighted by Gasteiger charge is 2.13. The van der Waals surface area contributed by atoms with Crippen molar-refractivity contribution in [2.75, 3.05) is 6.54 Å². The number of aryl methyl sites for hydroxylation is 2. The minimum atomic E-state index is 0.452. The van der Waals surface area contributed by atoms with Crippen LogP contribution in [0.4, 0.5) is 0 Å². The molecule has 0 saturated heterocycles. The Morgan fingerprint density at radius 3 is 3.00 bits per heavy atom. The van der Waals surface area contributed by atoms with Gasteiger partial charge in [-0.25, -0.2) is 4.98 Å². The van der Waals surface area contributed by atoms with Crippen LogP contribution in [0.2, 0.25) is 0 Å². The van der Waals surface area contributed by atoms with E-state index >= 15 is 0 Å². The number of hydrogen-bond acceptors (Lipinski definition) is 3. The normalized spacial score (nSPS) is 12.7. The van der Waals surface area contributed by atoms with Crippen molar-refractivity contribution in [1.29, 1.82) is 0 Å². The second kappa shape index (κ2) is 7.90. The maximum atomic E-state index is 5.42. The van der Waals surface area contributed by atoms with Crippen molar-refractivity contribution in [2.45, 2.75) is 52.1 Å². The highest BCUT2D eigenvalue weighted by molar-refractivity contribution is 5.00. The lowest BCUT2D eigenvalue weighted by atomic mass is 10.1. The summed E-state index contributed by atoms with van der Waals surface area (Å²) >= 11 is 0. The van der Waals surface area contributed by atoms with Crippen LogP contribution >= 0.6 is 0 Å². The molecule has 0 spiro atoms. The summed E-state index contributed by atoms with van der Waals surface area (Å²) < 4.78 is 7.64. The number of imidazole rings is 1. The molecule has 0 amide bonds. The lowest BCUT2D eigenvalue weighted by Gasteiger charge is -2.18. The molecule has 0 aromatic carbocycles. The van der Waals surface area contributed by atoms with E-state index < -0.39 is 0 Å². The molecule has 2 heterocycles. The van der Waals surface area contributed by atoms with Gasteiger partial charge in [0.1, 0.15) is 11.6 Å². The number of nitrogens with zero attached hydrogens (tertiary/aromatic N) is 2. The third-order valence-corrected chi connectivity index (χ3v) is 3.57. The smallest absolute Gasteiger partial charge is 0.110 e. The van der Waals surface area contributed by atoms with Gasteiger partial charge in [0, 0.05) is 37.8 Å². The molecule has 0 aliphatic heterocycles. The number of rotatable bonds is 9. The SMILES string of the molecule is CCCNC(CCc1ccco1)Cc1nccn1CC. The average molecular weight is 275 g/mol. The lowest BCUT2D eigenvalue weighted by Crippen LogP contribution is -2.33. The largest absolute Gasteiger partial charge is 0.469 e. The van der Waals surface area contributed by atoms with Gasteiger partial charge in [-0.2, -0.15) is 0 Å². The van der Waals surface area contributed by atoms with Crippen LogP contribution in [0.3, 0.4) is 0 Å². The van der Waals surface area contributed by atoms with E-state index in [4.69, 9.17) is 4.42 Å². The van der Waals surface area contributed by atoms with E-state index in [0.29, 0.717) is 6.04 Å². The fraction of sp³-hybridized carbons (Fsp3) is 0.562. The Balaban J connectivity index is 1.92. The van der Waals surface area contributed by atoms with Gasteiger partial charge in [-0.1, -0.05) is 6.92 Å². The van der Waals surface area contributed by atoms with Gasteiger partial charge in [0.15, 0.2) is 0 Å². The van der Waals surface area contributed by atoms with Crippen molar-refractivity contribution >= 4 is 0 Å². The molecule has 20 heavy (non-hydrogen) atoms. The molecule has 0 radical (unpaired) electrons. The van der Waals surface area contributed by atoms with Gasteiger partial charge in [0.2, 0.25) is 0 Å². The Bertz CT molecular complexity index is 476. The standard InChI is InChI=1S/C16H25N3O/c1-3-9-17-14(7-8-15-6-5-12-20-15)13-16-18-10-11-19(16)4-2/h5-6,10-12,14,17H,3-4,7-9,13H2,1-2H3. The van der Waals surface area contributed by atoms with E-state index in [1.807, 2.05) is 18.3 Å². The minimum Gasteiger partial charge on any atom is -0.469 e. The fourth-order valence-electron chi connectivity index (χ4n) is 2.43. The zero-order valence-electron chi connectivity index (χ0n) is 12.5. The number of hydrogen-bond donors (Lipinski definition) is 1. The van der Waals surface area contributed by atoms with Gasteiger partial charge in [-0.05, 0) is 38.4 Å². The Labute approximate surface area is 121 Å². The minimum absolute atomic E-state index is 0.452. The van der Waals surface area contributed by atoms with Crippen LogP contribution in [0, 0.1) is 0 Å². The molecule has 2 rings (SSSR count). The second-order valence-corrected chi connectivity index (χ2v) is 5.10. The van der Waals surface area contributed by atoms with E-state index in [-0.39, 0.29) is 0 Å². The predicted molar refractivity (Wildman–Crippen MR) is 80.7 cm³/mol. The fourth-order valence-corrected chi connectivity index (χ4v) is 2.43. The van der Waals surface area contributed by atoms with Crippen LogP contribution in [0.15, 0.2) is 35.2 Å². The molecule has 0 aliphatic rings. The summed E-state index contributed by atoms with van der Waals surface area (Å²) in [6, 6.07) is 4.45. The third kappa shape index (κ3) is 4.23. The van der Waals surface area contributed by atoms with Gasteiger partial charge < -0.3 is 14.3 Å². The van der Waals surface area contributed by atoms with Crippen LogP contribution in [-0.4, -0.2) is 22.1 Å². The molecular weight excluding hydrogens is 250 g/mol. The van der Waals surface area contributed by atoms with Crippen molar-refractivity contribution in [3.8, 4) is 0 Å². The van der Waals surface area contributed by atoms with Crippen LogP contribution in [0.5, 0.6) is 0 Å². The molecule has 0 bridgehead atoms. The summed E-state index contributed by atoms with van der Waals surface area (Å²) in [6.45, 7) is 6.38. The topological polar surface area (TPSA) is 43.0 Å². The Hall–Kier alpha value is -1.55. The molecule has 2 aromatic rings. The molecule has 0 fully saturated rings. The van der Waals surface area contributed by atoms with E-state index in [0.717, 1.165) is 44.5 Å². The molecule has 110 valence electrons. The predicted octanol–water partition coefficient (Wildman–Crippen LogP) is 3.04. The van der Waals surface area contributed by atoms with E-state index in [2.05, 4.69) is 34.9 Å². The summed E-state index contributed by atoms with van der Waals surface area (Å²) in [5, 5.41) is 3.63. The molecule has 1 atom stereocenters. The van der Waals surface area contributed by atoms with E-state index in [9.17, 15) is 0 Å². The first-order chi connectivity index (χ1) is 9.83. The second-order valence-electron chi connectivity index (χ2n) is 5.10. The number of nitrogens with one attached hydrogen (secondary N) is 1. The molecule has 4 nitrogen and oxygen atoms in total.